The van der Waals surface area contributed by atoms with Crippen LogP contribution in [0.1, 0.15) is 0 Å². The predicted octanol–water partition coefficient (Wildman–Crippen LogP) is 3.10. The molecule has 5 nitrogen and oxygen atoms in total. The number of halogens is 1. The van der Waals surface area contributed by atoms with Gasteiger partial charge in [0.1, 0.15) is 23.7 Å². The summed E-state index contributed by atoms with van der Waals surface area (Å²) in [4.78, 5) is 13.3. The van der Waals surface area contributed by atoms with Crippen LogP contribution in [0.4, 0.5) is 15.9 Å². The number of nitrogens with zero attached hydrogens (tertiary/aromatic N) is 4. The smallest absolute Gasteiger partial charge is 0.145 e. The molecular weight excluding hydrogens is 319 g/mol. The average molecular weight is 338 g/mol. The Kier molecular flexibility index (Phi) is 4.09. The molecule has 0 amide bonds. The SMILES string of the molecule is COc1cc(F)ccc1N1CCN(c2ncnc3ccccc23)CC1. The second-order valence-electron chi connectivity index (χ2n) is 6.00. The number of rotatable bonds is 3. The molecule has 0 atom stereocenters. The molecule has 1 aliphatic rings. The highest BCUT2D eigenvalue weighted by Crippen LogP contribution is 2.31. The molecule has 128 valence electrons. The van der Waals surface area contributed by atoms with Crippen LogP contribution in [0.15, 0.2) is 48.8 Å². The second-order valence-corrected chi connectivity index (χ2v) is 6.00. The van der Waals surface area contributed by atoms with E-state index in [-0.39, 0.29) is 5.82 Å². The van der Waals surface area contributed by atoms with E-state index in [2.05, 4.69) is 25.8 Å². The largest absolute Gasteiger partial charge is 0.494 e. The lowest BCUT2D eigenvalue weighted by Crippen LogP contribution is -2.47. The molecule has 1 aromatic heterocycles. The molecule has 3 aromatic rings. The van der Waals surface area contributed by atoms with Crippen LogP contribution in [0.5, 0.6) is 5.75 Å². The van der Waals surface area contributed by atoms with Crippen molar-refractivity contribution >= 4 is 22.4 Å². The molecule has 1 fully saturated rings. The summed E-state index contributed by atoms with van der Waals surface area (Å²) >= 11 is 0. The first-order chi connectivity index (χ1) is 12.3. The van der Waals surface area contributed by atoms with Crippen LogP contribution in [0, 0.1) is 5.82 Å². The van der Waals surface area contributed by atoms with E-state index in [4.69, 9.17) is 4.74 Å². The van der Waals surface area contributed by atoms with Gasteiger partial charge in [-0.3, -0.25) is 0 Å². The van der Waals surface area contributed by atoms with Gasteiger partial charge in [0, 0.05) is 37.6 Å². The number of methoxy groups -OCH3 is 1. The maximum atomic E-state index is 13.4. The molecule has 0 aliphatic carbocycles. The zero-order valence-electron chi connectivity index (χ0n) is 14.0. The van der Waals surface area contributed by atoms with Gasteiger partial charge in [-0.25, -0.2) is 14.4 Å². The van der Waals surface area contributed by atoms with Crippen LogP contribution in [0.25, 0.3) is 10.9 Å². The Morgan fingerprint density at radius 2 is 1.72 bits per heavy atom. The van der Waals surface area contributed by atoms with Gasteiger partial charge in [0.15, 0.2) is 0 Å². The Morgan fingerprint density at radius 1 is 0.960 bits per heavy atom. The zero-order chi connectivity index (χ0) is 17.2. The quantitative estimate of drug-likeness (QED) is 0.734. The van der Waals surface area contributed by atoms with E-state index >= 15 is 0 Å². The maximum Gasteiger partial charge on any atom is 0.145 e. The molecule has 0 radical (unpaired) electrons. The van der Waals surface area contributed by atoms with Crippen molar-refractivity contribution in [3.8, 4) is 5.75 Å². The summed E-state index contributed by atoms with van der Waals surface area (Å²) in [6, 6.07) is 12.7. The Bertz CT molecular complexity index is 888. The molecule has 2 aromatic carbocycles. The van der Waals surface area contributed by atoms with Crippen LogP contribution in [0.3, 0.4) is 0 Å². The Morgan fingerprint density at radius 3 is 2.52 bits per heavy atom. The van der Waals surface area contributed by atoms with Crippen molar-refractivity contribution in [1.29, 1.82) is 0 Å². The zero-order valence-corrected chi connectivity index (χ0v) is 14.0. The minimum Gasteiger partial charge on any atom is -0.494 e. The van der Waals surface area contributed by atoms with Crippen LogP contribution in [0.2, 0.25) is 0 Å². The fourth-order valence-electron chi connectivity index (χ4n) is 3.31. The summed E-state index contributed by atoms with van der Waals surface area (Å²) in [6.07, 6.45) is 1.62. The molecule has 25 heavy (non-hydrogen) atoms. The standard InChI is InChI=1S/C19H19FN4O/c1-25-18-12-14(20)6-7-17(18)23-8-10-24(11-9-23)19-15-4-2-3-5-16(15)21-13-22-19/h2-7,12-13H,8-11H2,1H3. The van der Waals surface area contributed by atoms with Crippen LogP contribution in [-0.4, -0.2) is 43.3 Å². The molecule has 6 heteroatoms. The fraction of sp³-hybridized carbons (Fsp3) is 0.263. The van der Waals surface area contributed by atoms with Crippen molar-refractivity contribution < 1.29 is 9.13 Å². The van der Waals surface area contributed by atoms with Gasteiger partial charge in [-0.2, -0.15) is 0 Å². The lowest BCUT2D eigenvalue weighted by Gasteiger charge is -2.37. The number of para-hydroxylation sites is 1. The van der Waals surface area contributed by atoms with E-state index in [1.165, 1.54) is 12.1 Å². The van der Waals surface area contributed by atoms with E-state index in [0.717, 1.165) is 48.6 Å². The minimum absolute atomic E-state index is 0.285. The number of anilines is 2. The number of ether oxygens (including phenoxy) is 1. The summed E-state index contributed by atoms with van der Waals surface area (Å²) < 4.78 is 18.7. The molecule has 0 unspecified atom stereocenters. The summed E-state index contributed by atoms with van der Waals surface area (Å²) in [5, 5.41) is 1.07. The minimum atomic E-state index is -0.285. The number of hydrogen-bond donors (Lipinski definition) is 0. The molecule has 0 N–H and O–H groups in total. The van der Waals surface area contributed by atoms with E-state index in [0.29, 0.717) is 5.75 Å². The Hall–Kier alpha value is -2.89. The molecule has 1 aliphatic heterocycles. The van der Waals surface area contributed by atoms with Gasteiger partial charge < -0.3 is 14.5 Å². The highest BCUT2D eigenvalue weighted by atomic mass is 19.1. The van der Waals surface area contributed by atoms with Crippen LogP contribution < -0.4 is 14.5 Å². The number of piperazine rings is 1. The molecule has 0 bridgehead atoms. The average Bonchev–Trinajstić information content (AvgIpc) is 2.67. The van der Waals surface area contributed by atoms with Gasteiger partial charge in [0.25, 0.3) is 0 Å². The molecular formula is C19H19FN4O. The van der Waals surface area contributed by atoms with Crippen molar-refractivity contribution in [1.82, 2.24) is 9.97 Å². The van der Waals surface area contributed by atoms with Crippen molar-refractivity contribution in [2.24, 2.45) is 0 Å². The van der Waals surface area contributed by atoms with Gasteiger partial charge in [-0.05, 0) is 24.3 Å². The molecule has 0 saturated carbocycles. The first-order valence-electron chi connectivity index (χ1n) is 8.29. The second kappa shape index (κ2) is 6.55. The predicted molar refractivity (Wildman–Crippen MR) is 96.9 cm³/mol. The van der Waals surface area contributed by atoms with Crippen LogP contribution in [-0.2, 0) is 0 Å². The summed E-state index contributed by atoms with van der Waals surface area (Å²) in [5.41, 5.74) is 1.88. The van der Waals surface area contributed by atoms with Crippen molar-refractivity contribution in [2.75, 3.05) is 43.1 Å². The first kappa shape index (κ1) is 15.6. The molecule has 0 spiro atoms. The van der Waals surface area contributed by atoms with Gasteiger partial charge in [-0.1, -0.05) is 12.1 Å². The Labute approximate surface area is 145 Å². The highest BCUT2D eigenvalue weighted by molar-refractivity contribution is 5.89. The van der Waals surface area contributed by atoms with E-state index < -0.39 is 0 Å². The third-order valence-electron chi connectivity index (χ3n) is 4.58. The highest BCUT2D eigenvalue weighted by Gasteiger charge is 2.22. The first-order valence-corrected chi connectivity index (χ1v) is 8.29. The van der Waals surface area contributed by atoms with E-state index in [9.17, 15) is 4.39 Å². The van der Waals surface area contributed by atoms with Crippen molar-refractivity contribution in [3.05, 3.63) is 54.6 Å². The third kappa shape index (κ3) is 2.95. The van der Waals surface area contributed by atoms with E-state index in [1.807, 2.05) is 18.2 Å². The number of fused-ring (bicyclic) bond motifs is 1. The third-order valence-corrected chi connectivity index (χ3v) is 4.58. The van der Waals surface area contributed by atoms with Gasteiger partial charge in [0.2, 0.25) is 0 Å². The van der Waals surface area contributed by atoms with E-state index in [1.54, 1.807) is 19.5 Å². The fourth-order valence-corrected chi connectivity index (χ4v) is 3.31. The number of aromatic nitrogens is 2. The van der Waals surface area contributed by atoms with Gasteiger partial charge in [-0.15, -0.1) is 0 Å². The van der Waals surface area contributed by atoms with Crippen molar-refractivity contribution in [3.63, 3.8) is 0 Å². The molecule has 4 rings (SSSR count). The summed E-state index contributed by atoms with van der Waals surface area (Å²) in [6.45, 7) is 3.31. The normalized spacial score (nSPS) is 14.8. The topological polar surface area (TPSA) is 41.5 Å². The Balaban J connectivity index is 1.55. The molecule has 1 saturated heterocycles. The lowest BCUT2D eigenvalue weighted by molar-refractivity contribution is 0.410. The van der Waals surface area contributed by atoms with Crippen LogP contribution >= 0.6 is 0 Å². The monoisotopic (exact) mass is 338 g/mol. The maximum absolute atomic E-state index is 13.4. The lowest BCUT2D eigenvalue weighted by atomic mass is 10.2. The number of hydrogen-bond acceptors (Lipinski definition) is 5. The number of benzene rings is 2. The van der Waals surface area contributed by atoms with Gasteiger partial charge >= 0.3 is 0 Å². The summed E-state index contributed by atoms with van der Waals surface area (Å²) in [5.74, 6) is 1.25. The summed E-state index contributed by atoms with van der Waals surface area (Å²) in [7, 11) is 1.57. The van der Waals surface area contributed by atoms with Crippen molar-refractivity contribution in [2.45, 2.75) is 0 Å². The molecule has 2 heterocycles. The van der Waals surface area contributed by atoms with Gasteiger partial charge in [0.05, 0.1) is 18.3 Å².